The van der Waals surface area contributed by atoms with Crippen molar-refractivity contribution >= 4 is 39.7 Å². The van der Waals surface area contributed by atoms with Gasteiger partial charge in [0, 0.05) is 17.7 Å². The molecule has 0 radical (unpaired) electrons. The lowest BCUT2D eigenvalue weighted by atomic mass is 10.0. The van der Waals surface area contributed by atoms with Crippen molar-refractivity contribution in [3.8, 4) is 0 Å². The number of carbonyl (C=O) groups excluding carboxylic acids is 1. The van der Waals surface area contributed by atoms with Gasteiger partial charge in [0.2, 0.25) is 5.91 Å². The average Bonchev–Trinajstić information content (AvgIpc) is 3.17. The topological polar surface area (TPSA) is 41.1 Å². The molecule has 1 unspecified atom stereocenters. The molecule has 3 rings (SSSR count). The summed E-state index contributed by atoms with van der Waals surface area (Å²) in [5.74, 6) is 0.947. The van der Waals surface area contributed by atoms with Crippen molar-refractivity contribution in [1.82, 2.24) is 10.6 Å². The molecule has 126 valence electrons. The standard InChI is InChI=1S/C18H24N2OS.ClH/c21-18(20-11-9-14-8-10-19-12-14)7-3-4-15-13-22-17-6-2-1-5-16(15)17;/h1-2,5-6,13-14,19H,3-4,7-12H2,(H,20,21);1H. The van der Waals surface area contributed by atoms with E-state index in [9.17, 15) is 4.79 Å². The van der Waals surface area contributed by atoms with Crippen molar-refractivity contribution in [3.63, 3.8) is 0 Å². The van der Waals surface area contributed by atoms with Crippen molar-refractivity contribution in [2.75, 3.05) is 19.6 Å². The summed E-state index contributed by atoms with van der Waals surface area (Å²) in [6.45, 7) is 3.07. The zero-order valence-electron chi connectivity index (χ0n) is 13.3. The van der Waals surface area contributed by atoms with E-state index in [1.54, 1.807) is 11.3 Å². The summed E-state index contributed by atoms with van der Waals surface area (Å²) in [5, 5.41) is 10.0. The highest BCUT2D eigenvalue weighted by Gasteiger charge is 2.14. The number of aryl methyl sites for hydroxylation is 1. The van der Waals surface area contributed by atoms with E-state index < -0.39 is 0 Å². The molecule has 1 aromatic heterocycles. The van der Waals surface area contributed by atoms with Crippen LogP contribution >= 0.6 is 23.7 Å². The molecule has 5 heteroatoms. The molecule has 0 saturated carbocycles. The summed E-state index contributed by atoms with van der Waals surface area (Å²) in [6.07, 6.45) is 4.91. The van der Waals surface area contributed by atoms with E-state index in [-0.39, 0.29) is 18.3 Å². The van der Waals surface area contributed by atoms with Gasteiger partial charge >= 0.3 is 0 Å². The van der Waals surface area contributed by atoms with Gasteiger partial charge in [-0.05, 0) is 67.1 Å². The van der Waals surface area contributed by atoms with Crippen LogP contribution in [0.25, 0.3) is 10.1 Å². The summed E-state index contributed by atoms with van der Waals surface area (Å²) in [4.78, 5) is 11.9. The number of fused-ring (bicyclic) bond motifs is 1. The molecule has 0 spiro atoms. The molecular weight excluding hydrogens is 328 g/mol. The Morgan fingerprint density at radius 3 is 3.04 bits per heavy atom. The smallest absolute Gasteiger partial charge is 0.220 e. The molecular formula is C18H25ClN2OS. The third-order valence-electron chi connectivity index (χ3n) is 4.45. The molecule has 1 atom stereocenters. The molecule has 1 amide bonds. The van der Waals surface area contributed by atoms with Crippen LogP contribution in [0, 0.1) is 5.92 Å². The molecule has 0 bridgehead atoms. The zero-order chi connectivity index (χ0) is 15.2. The normalized spacial score (nSPS) is 17.1. The van der Waals surface area contributed by atoms with Crippen molar-refractivity contribution < 1.29 is 4.79 Å². The monoisotopic (exact) mass is 352 g/mol. The Morgan fingerprint density at radius 1 is 1.35 bits per heavy atom. The van der Waals surface area contributed by atoms with Gasteiger partial charge in [-0.3, -0.25) is 4.79 Å². The van der Waals surface area contributed by atoms with Crippen molar-refractivity contribution in [2.24, 2.45) is 5.92 Å². The molecule has 1 aliphatic rings. The lowest BCUT2D eigenvalue weighted by molar-refractivity contribution is -0.121. The number of hydrogen-bond acceptors (Lipinski definition) is 3. The van der Waals surface area contributed by atoms with Crippen molar-refractivity contribution in [3.05, 3.63) is 35.2 Å². The Morgan fingerprint density at radius 2 is 2.22 bits per heavy atom. The number of halogens is 1. The third kappa shape index (κ3) is 5.20. The van der Waals surface area contributed by atoms with E-state index in [4.69, 9.17) is 0 Å². The number of hydrogen-bond donors (Lipinski definition) is 2. The van der Waals surface area contributed by atoms with E-state index in [0.717, 1.165) is 44.8 Å². The van der Waals surface area contributed by atoms with Gasteiger partial charge in [0.05, 0.1) is 0 Å². The molecule has 2 heterocycles. The molecule has 1 aliphatic heterocycles. The molecule has 0 aliphatic carbocycles. The van der Waals surface area contributed by atoms with Crippen LogP contribution in [-0.2, 0) is 11.2 Å². The predicted octanol–water partition coefficient (Wildman–Crippen LogP) is 3.76. The van der Waals surface area contributed by atoms with Crippen LogP contribution < -0.4 is 10.6 Å². The van der Waals surface area contributed by atoms with Crippen LogP contribution in [0.2, 0.25) is 0 Å². The number of thiophene rings is 1. The van der Waals surface area contributed by atoms with Crippen LogP contribution in [0.15, 0.2) is 29.6 Å². The molecule has 2 N–H and O–H groups in total. The number of nitrogens with one attached hydrogen (secondary N) is 2. The summed E-state index contributed by atoms with van der Waals surface area (Å²) in [6, 6.07) is 8.50. The third-order valence-corrected chi connectivity index (χ3v) is 5.46. The number of benzene rings is 1. The van der Waals surface area contributed by atoms with Gasteiger partial charge in [0.1, 0.15) is 0 Å². The Kier molecular flexibility index (Phi) is 7.34. The Balaban J connectivity index is 0.00000192. The van der Waals surface area contributed by atoms with E-state index >= 15 is 0 Å². The van der Waals surface area contributed by atoms with Gasteiger partial charge in [-0.25, -0.2) is 0 Å². The van der Waals surface area contributed by atoms with Crippen LogP contribution in [-0.4, -0.2) is 25.5 Å². The number of amides is 1. The van der Waals surface area contributed by atoms with Crippen LogP contribution in [0.4, 0.5) is 0 Å². The van der Waals surface area contributed by atoms with Crippen LogP contribution in [0.1, 0.15) is 31.2 Å². The fourth-order valence-electron chi connectivity index (χ4n) is 3.13. The minimum atomic E-state index is 0. The van der Waals surface area contributed by atoms with E-state index in [1.165, 1.54) is 22.1 Å². The minimum absolute atomic E-state index is 0. The molecule has 1 aromatic carbocycles. The fourth-order valence-corrected chi connectivity index (χ4v) is 4.13. The average molecular weight is 353 g/mol. The quantitative estimate of drug-likeness (QED) is 0.796. The first-order valence-corrected chi connectivity index (χ1v) is 9.13. The van der Waals surface area contributed by atoms with E-state index in [0.29, 0.717) is 6.42 Å². The lowest BCUT2D eigenvalue weighted by Gasteiger charge is -2.09. The Labute approximate surface area is 148 Å². The molecule has 3 nitrogen and oxygen atoms in total. The molecule has 1 saturated heterocycles. The number of carbonyl (C=O) groups is 1. The molecule has 2 aromatic rings. The van der Waals surface area contributed by atoms with Gasteiger partial charge in [-0.15, -0.1) is 23.7 Å². The minimum Gasteiger partial charge on any atom is -0.356 e. The zero-order valence-corrected chi connectivity index (χ0v) is 15.0. The van der Waals surface area contributed by atoms with Crippen LogP contribution in [0.5, 0.6) is 0 Å². The van der Waals surface area contributed by atoms with Gasteiger partial charge in [-0.1, -0.05) is 18.2 Å². The lowest BCUT2D eigenvalue weighted by Crippen LogP contribution is -2.26. The Hall–Kier alpha value is -1.10. The summed E-state index contributed by atoms with van der Waals surface area (Å²) >= 11 is 1.79. The van der Waals surface area contributed by atoms with Crippen molar-refractivity contribution in [1.29, 1.82) is 0 Å². The van der Waals surface area contributed by atoms with E-state index in [2.05, 4.69) is 40.3 Å². The SMILES string of the molecule is Cl.O=C(CCCc1csc2ccccc12)NCCC1CCNC1. The largest absolute Gasteiger partial charge is 0.356 e. The van der Waals surface area contributed by atoms with Gasteiger partial charge in [-0.2, -0.15) is 0 Å². The Bertz CT molecular complexity index is 622. The predicted molar refractivity (Wildman–Crippen MR) is 101 cm³/mol. The maximum atomic E-state index is 11.9. The van der Waals surface area contributed by atoms with E-state index in [1.807, 2.05) is 0 Å². The summed E-state index contributed by atoms with van der Waals surface area (Å²) in [5.41, 5.74) is 1.38. The number of rotatable bonds is 7. The maximum Gasteiger partial charge on any atom is 0.220 e. The first kappa shape index (κ1) is 18.2. The first-order valence-electron chi connectivity index (χ1n) is 8.25. The second-order valence-corrected chi connectivity index (χ2v) is 7.02. The van der Waals surface area contributed by atoms with Crippen LogP contribution in [0.3, 0.4) is 0 Å². The highest BCUT2D eigenvalue weighted by Crippen LogP contribution is 2.26. The first-order chi connectivity index (χ1) is 10.8. The molecule has 23 heavy (non-hydrogen) atoms. The highest BCUT2D eigenvalue weighted by molar-refractivity contribution is 7.17. The fraction of sp³-hybridized carbons (Fsp3) is 0.500. The van der Waals surface area contributed by atoms with Gasteiger partial charge < -0.3 is 10.6 Å². The second-order valence-electron chi connectivity index (χ2n) is 6.11. The highest BCUT2D eigenvalue weighted by atomic mass is 35.5. The molecule has 1 fully saturated rings. The summed E-state index contributed by atoms with van der Waals surface area (Å²) in [7, 11) is 0. The van der Waals surface area contributed by atoms with Gasteiger partial charge in [0.15, 0.2) is 0 Å². The van der Waals surface area contributed by atoms with Gasteiger partial charge in [0.25, 0.3) is 0 Å². The maximum absolute atomic E-state index is 11.9. The van der Waals surface area contributed by atoms with Crippen molar-refractivity contribution in [2.45, 2.75) is 32.1 Å². The summed E-state index contributed by atoms with van der Waals surface area (Å²) < 4.78 is 1.34. The second kappa shape index (κ2) is 9.26.